The van der Waals surface area contributed by atoms with Gasteiger partial charge in [-0.25, -0.2) is 0 Å². The molecule has 0 radical (unpaired) electrons. The molecular weight excluding hydrogens is 181 g/mol. The monoisotopic (exact) mass is 197 g/mol. The number of rotatable bonds is 3. The van der Waals surface area contributed by atoms with Gasteiger partial charge >= 0.3 is 0 Å². The standard InChI is InChI=1S/C8H16ClN.ClH/c1-7(2)10(3)8(6-9)4-5-8;/h7H,4-6H2,1-3H3;1H. The average Bonchev–Trinajstić information content (AvgIpc) is 2.66. The van der Waals surface area contributed by atoms with E-state index in [1.807, 2.05) is 0 Å². The van der Waals surface area contributed by atoms with E-state index in [0.717, 1.165) is 5.88 Å². The van der Waals surface area contributed by atoms with Crippen LogP contribution in [0.15, 0.2) is 0 Å². The fourth-order valence-electron chi connectivity index (χ4n) is 1.27. The molecule has 1 aliphatic carbocycles. The first-order chi connectivity index (χ1) is 4.62. The first-order valence-electron chi connectivity index (χ1n) is 3.91. The molecule has 0 heterocycles. The normalized spacial score (nSPS) is 20.2. The van der Waals surface area contributed by atoms with Crippen molar-refractivity contribution in [3.63, 3.8) is 0 Å². The third-order valence-electron chi connectivity index (χ3n) is 2.60. The van der Waals surface area contributed by atoms with Gasteiger partial charge in [0.25, 0.3) is 0 Å². The summed E-state index contributed by atoms with van der Waals surface area (Å²) in [5.74, 6) is 0.793. The summed E-state index contributed by atoms with van der Waals surface area (Å²) in [6, 6.07) is 0.626. The quantitative estimate of drug-likeness (QED) is 0.630. The lowest BCUT2D eigenvalue weighted by Crippen LogP contribution is -2.40. The molecule has 3 heteroatoms. The van der Waals surface area contributed by atoms with Crippen LogP contribution in [0, 0.1) is 0 Å². The molecule has 0 aliphatic heterocycles. The Labute approximate surface area is 80.5 Å². The minimum atomic E-state index is 0. The Balaban J connectivity index is 0.000001000. The van der Waals surface area contributed by atoms with Gasteiger partial charge in [-0.05, 0) is 33.7 Å². The van der Waals surface area contributed by atoms with Crippen molar-refractivity contribution in [3.05, 3.63) is 0 Å². The van der Waals surface area contributed by atoms with Crippen LogP contribution >= 0.6 is 24.0 Å². The van der Waals surface area contributed by atoms with Crippen LogP contribution in [0.5, 0.6) is 0 Å². The van der Waals surface area contributed by atoms with Crippen LogP contribution in [0.2, 0.25) is 0 Å². The Kier molecular flexibility index (Phi) is 4.17. The van der Waals surface area contributed by atoms with Crippen molar-refractivity contribution in [2.24, 2.45) is 0 Å². The van der Waals surface area contributed by atoms with E-state index in [0.29, 0.717) is 11.6 Å². The van der Waals surface area contributed by atoms with Crippen molar-refractivity contribution in [3.8, 4) is 0 Å². The summed E-state index contributed by atoms with van der Waals surface area (Å²) < 4.78 is 0. The van der Waals surface area contributed by atoms with Gasteiger partial charge in [0, 0.05) is 17.5 Å². The molecule has 0 unspecified atom stereocenters. The molecule has 0 N–H and O–H groups in total. The van der Waals surface area contributed by atoms with Crippen LogP contribution < -0.4 is 0 Å². The summed E-state index contributed by atoms with van der Waals surface area (Å²) in [5.41, 5.74) is 0.371. The number of nitrogens with zero attached hydrogens (tertiary/aromatic N) is 1. The zero-order valence-corrected chi connectivity index (χ0v) is 9.00. The van der Waals surface area contributed by atoms with Gasteiger partial charge in [-0.2, -0.15) is 0 Å². The molecule has 1 aliphatic rings. The molecule has 1 fully saturated rings. The summed E-state index contributed by atoms with van der Waals surface area (Å²) in [6.07, 6.45) is 2.57. The zero-order valence-electron chi connectivity index (χ0n) is 7.43. The Morgan fingerprint density at radius 1 is 1.45 bits per heavy atom. The van der Waals surface area contributed by atoms with Gasteiger partial charge in [-0.3, -0.25) is 4.90 Å². The molecule has 0 aromatic carbocycles. The highest BCUT2D eigenvalue weighted by Crippen LogP contribution is 2.42. The Morgan fingerprint density at radius 2 is 1.91 bits per heavy atom. The summed E-state index contributed by atoms with van der Waals surface area (Å²) >= 11 is 5.85. The fraction of sp³-hybridized carbons (Fsp3) is 1.00. The second kappa shape index (κ2) is 3.97. The molecule has 0 bridgehead atoms. The lowest BCUT2D eigenvalue weighted by molar-refractivity contribution is 0.193. The van der Waals surface area contributed by atoms with Crippen molar-refractivity contribution in [1.82, 2.24) is 4.90 Å². The third kappa shape index (κ3) is 2.24. The summed E-state index contributed by atoms with van der Waals surface area (Å²) in [5, 5.41) is 0. The zero-order chi connectivity index (χ0) is 7.78. The molecule has 0 amide bonds. The van der Waals surface area contributed by atoms with Gasteiger partial charge in [0.15, 0.2) is 0 Å². The van der Waals surface area contributed by atoms with E-state index >= 15 is 0 Å². The fourth-order valence-corrected chi connectivity index (χ4v) is 1.73. The number of hydrogen-bond donors (Lipinski definition) is 0. The van der Waals surface area contributed by atoms with Crippen molar-refractivity contribution in [1.29, 1.82) is 0 Å². The molecular formula is C8H17Cl2N. The van der Waals surface area contributed by atoms with Gasteiger partial charge < -0.3 is 0 Å². The van der Waals surface area contributed by atoms with Crippen LogP contribution in [0.3, 0.4) is 0 Å². The molecule has 0 saturated heterocycles. The lowest BCUT2D eigenvalue weighted by atomic mass is 10.2. The highest BCUT2D eigenvalue weighted by atomic mass is 35.5. The van der Waals surface area contributed by atoms with E-state index < -0.39 is 0 Å². The Morgan fingerprint density at radius 3 is 2.00 bits per heavy atom. The molecule has 0 aromatic heterocycles. The summed E-state index contributed by atoms with van der Waals surface area (Å²) in [6.45, 7) is 4.43. The Bertz CT molecular complexity index is 121. The summed E-state index contributed by atoms with van der Waals surface area (Å²) in [7, 11) is 2.17. The van der Waals surface area contributed by atoms with E-state index in [2.05, 4.69) is 25.8 Å². The Hall–Kier alpha value is 0.540. The van der Waals surface area contributed by atoms with Crippen molar-refractivity contribution >= 4 is 24.0 Å². The van der Waals surface area contributed by atoms with Crippen LogP contribution in [-0.4, -0.2) is 29.4 Å². The third-order valence-corrected chi connectivity index (χ3v) is 3.10. The predicted octanol–water partition coefficient (Wildman–Crippen LogP) is 2.52. The van der Waals surface area contributed by atoms with Crippen LogP contribution in [0.1, 0.15) is 26.7 Å². The van der Waals surface area contributed by atoms with Gasteiger partial charge in [0.05, 0.1) is 0 Å². The molecule has 0 spiro atoms. The number of halogens is 2. The lowest BCUT2D eigenvalue weighted by Gasteiger charge is -2.29. The average molecular weight is 198 g/mol. The van der Waals surface area contributed by atoms with Gasteiger partial charge in [-0.15, -0.1) is 24.0 Å². The van der Waals surface area contributed by atoms with Gasteiger partial charge in [0.1, 0.15) is 0 Å². The molecule has 0 aromatic rings. The van der Waals surface area contributed by atoms with Crippen LogP contribution in [-0.2, 0) is 0 Å². The summed E-state index contributed by atoms with van der Waals surface area (Å²) in [4.78, 5) is 2.39. The topological polar surface area (TPSA) is 3.24 Å². The smallest absolute Gasteiger partial charge is 0.0408 e. The number of hydrogen-bond acceptors (Lipinski definition) is 1. The molecule has 1 saturated carbocycles. The first-order valence-corrected chi connectivity index (χ1v) is 4.45. The minimum absolute atomic E-state index is 0. The SMILES string of the molecule is CC(C)N(C)C1(CCl)CC1.Cl. The van der Waals surface area contributed by atoms with Gasteiger partial charge in [0.2, 0.25) is 0 Å². The minimum Gasteiger partial charge on any atom is -0.297 e. The van der Waals surface area contributed by atoms with Gasteiger partial charge in [-0.1, -0.05) is 0 Å². The molecule has 1 rings (SSSR count). The van der Waals surface area contributed by atoms with E-state index in [1.54, 1.807) is 0 Å². The number of alkyl halides is 1. The van der Waals surface area contributed by atoms with E-state index in [9.17, 15) is 0 Å². The molecule has 1 nitrogen and oxygen atoms in total. The second-order valence-electron chi connectivity index (χ2n) is 3.56. The maximum atomic E-state index is 5.85. The van der Waals surface area contributed by atoms with Crippen LogP contribution in [0.25, 0.3) is 0 Å². The van der Waals surface area contributed by atoms with E-state index in [4.69, 9.17) is 11.6 Å². The van der Waals surface area contributed by atoms with E-state index in [1.165, 1.54) is 12.8 Å². The second-order valence-corrected chi connectivity index (χ2v) is 3.83. The van der Waals surface area contributed by atoms with Crippen molar-refractivity contribution in [2.75, 3.05) is 12.9 Å². The molecule has 68 valence electrons. The predicted molar refractivity (Wildman–Crippen MR) is 52.8 cm³/mol. The van der Waals surface area contributed by atoms with E-state index in [-0.39, 0.29) is 12.4 Å². The highest BCUT2D eigenvalue weighted by molar-refractivity contribution is 6.18. The molecule has 11 heavy (non-hydrogen) atoms. The highest BCUT2D eigenvalue weighted by Gasteiger charge is 2.46. The maximum absolute atomic E-state index is 5.85. The first kappa shape index (κ1) is 11.5. The maximum Gasteiger partial charge on any atom is 0.0408 e. The molecule has 0 atom stereocenters. The van der Waals surface area contributed by atoms with Crippen molar-refractivity contribution in [2.45, 2.75) is 38.3 Å². The largest absolute Gasteiger partial charge is 0.297 e. The van der Waals surface area contributed by atoms with Crippen LogP contribution in [0.4, 0.5) is 0 Å². The van der Waals surface area contributed by atoms with Crippen molar-refractivity contribution < 1.29 is 0 Å².